The van der Waals surface area contributed by atoms with Crippen LogP contribution in [0.25, 0.3) is 0 Å². The molecule has 0 saturated heterocycles. The SMILES string of the molecule is COc1cc(CSc2cc(C)ccc2C)ccc1CN. The molecule has 0 atom stereocenters. The number of methoxy groups -OCH3 is 1. The Bertz CT molecular complexity index is 596. The van der Waals surface area contributed by atoms with Gasteiger partial charge in [-0.25, -0.2) is 0 Å². The van der Waals surface area contributed by atoms with Crippen molar-refractivity contribution < 1.29 is 4.74 Å². The van der Waals surface area contributed by atoms with Crippen molar-refractivity contribution in [2.24, 2.45) is 5.73 Å². The molecule has 0 saturated carbocycles. The summed E-state index contributed by atoms with van der Waals surface area (Å²) in [5.74, 6) is 1.82. The summed E-state index contributed by atoms with van der Waals surface area (Å²) in [4.78, 5) is 1.34. The Morgan fingerprint density at radius 2 is 1.90 bits per heavy atom. The molecule has 3 heteroatoms. The molecule has 20 heavy (non-hydrogen) atoms. The van der Waals surface area contributed by atoms with Crippen molar-refractivity contribution in [1.29, 1.82) is 0 Å². The summed E-state index contributed by atoms with van der Waals surface area (Å²) in [6.07, 6.45) is 0. The molecule has 2 aromatic carbocycles. The highest BCUT2D eigenvalue weighted by atomic mass is 32.2. The highest BCUT2D eigenvalue weighted by Gasteiger charge is 2.05. The third-order valence-electron chi connectivity index (χ3n) is 3.31. The second-order valence-electron chi connectivity index (χ2n) is 4.91. The van der Waals surface area contributed by atoms with Crippen LogP contribution in [0.15, 0.2) is 41.3 Å². The number of ether oxygens (including phenoxy) is 1. The second-order valence-corrected chi connectivity index (χ2v) is 5.93. The van der Waals surface area contributed by atoms with E-state index in [1.807, 2.05) is 11.8 Å². The van der Waals surface area contributed by atoms with Crippen LogP contribution in [-0.4, -0.2) is 7.11 Å². The van der Waals surface area contributed by atoms with Crippen molar-refractivity contribution in [2.45, 2.75) is 31.0 Å². The summed E-state index contributed by atoms with van der Waals surface area (Å²) in [5.41, 5.74) is 10.6. The summed E-state index contributed by atoms with van der Waals surface area (Å²) in [6, 6.07) is 12.8. The van der Waals surface area contributed by atoms with Crippen molar-refractivity contribution >= 4 is 11.8 Å². The maximum Gasteiger partial charge on any atom is 0.123 e. The van der Waals surface area contributed by atoms with Crippen LogP contribution in [0.5, 0.6) is 5.75 Å². The average molecular weight is 287 g/mol. The number of rotatable bonds is 5. The van der Waals surface area contributed by atoms with Crippen LogP contribution in [0.2, 0.25) is 0 Å². The number of hydrogen-bond donors (Lipinski definition) is 1. The molecule has 0 unspecified atom stereocenters. The van der Waals surface area contributed by atoms with E-state index in [1.54, 1.807) is 7.11 Å². The van der Waals surface area contributed by atoms with Crippen LogP contribution in [0, 0.1) is 13.8 Å². The first-order valence-electron chi connectivity index (χ1n) is 6.70. The Morgan fingerprint density at radius 3 is 2.60 bits per heavy atom. The summed E-state index contributed by atoms with van der Waals surface area (Å²) < 4.78 is 5.38. The monoisotopic (exact) mass is 287 g/mol. The number of thioether (sulfide) groups is 1. The van der Waals surface area contributed by atoms with E-state index in [2.05, 4.69) is 50.2 Å². The second kappa shape index (κ2) is 6.82. The van der Waals surface area contributed by atoms with Crippen LogP contribution < -0.4 is 10.5 Å². The van der Waals surface area contributed by atoms with Gasteiger partial charge < -0.3 is 10.5 Å². The van der Waals surface area contributed by atoms with Gasteiger partial charge in [-0.05, 0) is 37.1 Å². The van der Waals surface area contributed by atoms with Gasteiger partial charge in [0.1, 0.15) is 5.75 Å². The molecular formula is C17H21NOS. The molecule has 0 aromatic heterocycles. The largest absolute Gasteiger partial charge is 0.496 e. The molecule has 106 valence electrons. The smallest absolute Gasteiger partial charge is 0.123 e. The number of nitrogens with two attached hydrogens (primary N) is 1. The normalized spacial score (nSPS) is 10.6. The van der Waals surface area contributed by atoms with Crippen molar-refractivity contribution in [2.75, 3.05) is 7.11 Å². The molecule has 0 radical (unpaired) electrons. The van der Waals surface area contributed by atoms with Gasteiger partial charge in [-0.3, -0.25) is 0 Å². The first-order valence-corrected chi connectivity index (χ1v) is 7.68. The standard InChI is InChI=1S/C17H21NOS/c1-12-4-5-13(2)17(8-12)20-11-14-6-7-15(10-18)16(9-14)19-3/h4-9H,10-11,18H2,1-3H3. The maximum atomic E-state index is 5.69. The molecule has 0 amide bonds. The minimum absolute atomic E-state index is 0.508. The summed E-state index contributed by atoms with van der Waals surface area (Å²) in [6.45, 7) is 4.79. The summed E-state index contributed by atoms with van der Waals surface area (Å²) >= 11 is 1.86. The van der Waals surface area contributed by atoms with E-state index < -0.39 is 0 Å². The fraction of sp³-hybridized carbons (Fsp3) is 0.294. The van der Waals surface area contributed by atoms with Gasteiger partial charge >= 0.3 is 0 Å². The van der Waals surface area contributed by atoms with Gasteiger partial charge in [0.15, 0.2) is 0 Å². The molecule has 0 aliphatic heterocycles. The lowest BCUT2D eigenvalue weighted by molar-refractivity contribution is 0.409. The fourth-order valence-corrected chi connectivity index (χ4v) is 3.14. The third-order valence-corrected chi connectivity index (χ3v) is 4.54. The van der Waals surface area contributed by atoms with Gasteiger partial charge in [-0.2, -0.15) is 0 Å². The highest BCUT2D eigenvalue weighted by molar-refractivity contribution is 7.98. The maximum absolute atomic E-state index is 5.69. The van der Waals surface area contributed by atoms with E-state index in [1.165, 1.54) is 21.6 Å². The van der Waals surface area contributed by atoms with E-state index in [4.69, 9.17) is 10.5 Å². The van der Waals surface area contributed by atoms with E-state index in [9.17, 15) is 0 Å². The van der Waals surface area contributed by atoms with Gasteiger partial charge in [0.25, 0.3) is 0 Å². The predicted molar refractivity (Wildman–Crippen MR) is 86.4 cm³/mol. The van der Waals surface area contributed by atoms with Crippen molar-refractivity contribution in [3.05, 3.63) is 58.7 Å². The molecule has 0 heterocycles. The lowest BCUT2D eigenvalue weighted by Gasteiger charge is -2.10. The molecule has 0 spiro atoms. The minimum Gasteiger partial charge on any atom is -0.496 e. The molecular weight excluding hydrogens is 266 g/mol. The van der Waals surface area contributed by atoms with Crippen LogP contribution >= 0.6 is 11.8 Å². The van der Waals surface area contributed by atoms with E-state index in [-0.39, 0.29) is 0 Å². The predicted octanol–water partition coefficient (Wildman–Crippen LogP) is 4.06. The average Bonchev–Trinajstić information content (AvgIpc) is 2.47. The molecule has 0 bridgehead atoms. The summed E-state index contributed by atoms with van der Waals surface area (Å²) in [7, 11) is 1.69. The molecule has 0 aliphatic carbocycles. The molecule has 0 fully saturated rings. The molecule has 0 aliphatic rings. The lowest BCUT2D eigenvalue weighted by Crippen LogP contribution is -2.00. The van der Waals surface area contributed by atoms with Crippen molar-refractivity contribution in [1.82, 2.24) is 0 Å². The molecule has 2 N–H and O–H groups in total. The zero-order chi connectivity index (χ0) is 14.5. The highest BCUT2D eigenvalue weighted by Crippen LogP contribution is 2.29. The number of benzene rings is 2. The Hall–Kier alpha value is -1.45. The van der Waals surface area contributed by atoms with E-state index in [0.717, 1.165) is 17.1 Å². The van der Waals surface area contributed by atoms with E-state index in [0.29, 0.717) is 6.54 Å². The molecule has 2 rings (SSSR count). The molecule has 2 aromatic rings. The minimum atomic E-state index is 0.508. The molecule has 2 nitrogen and oxygen atoms in total. The zero-order valence-corrected chi connectivity index (χ0v) is 13.1. The number of aryl methyl sites for hydroxylation is 2. The zero-order valence-electron chi connectivity index (χ0n) is 12.3. The quantitative estimate of drug-likeness (QED) is 0.842. The lowest BCUT2D eigenvalue weighted by atomic mass is 10.1. The third kappa shape index (κ3) is 3.56. The first-order chi connectivity index (χ1) is 9.63. The first kappa shape index (κ1) is 14.9. The number of hydrogen-bond acceptors (Lipinski definition) is 3. The van der Waals surface area contributed by atoms with Gasteiger partial charge in [0.2, 0.25) is 0 Å². The van der Waals surface area contributed by atoms with Gasteiger partial charge in [-0.1, -0.05) is 29.8 Å². The Balaban J connectivity index is 2.12. The van der Waals surface area contributed by atoms with Gasteiger partial charge in [-0.15, -0.1) is 11.8 Å². The van der Waals surface area contributed by atoms with Gasteiger partial charge in [0.05, 0.1) is 7.11 Å². The fourth-order valence-electron chi connectivity index (χ4n) is 2.07. The van der Waals surface area contributed by atoms with Gasteiger partial charge in [0, 0.05) is 22.8 Å². The topological polar surface area (TPSA) is 35.2 Å². The van der Waals surface area contributed by atoms with Crippen LogP contribution in [0.4, 0.5) is 0 Å². The Labute approximate surface area is 125 Å². The summed E-state index contributed by atoms with van der Waals surface area (Å²) in [5, 5.41) is 0. The van der Waals surface area contributed by atoms with Crippen molar-refractivity contribution in [3.63, 3.8) is 0 Å². The Morgan fingerprint density at radius 1 is 1.10 bits per heavy atom. The van der Waals surface area contributed by atoms with Crippen molar-refractivity contribution in [3.8, 4) is 5.75 Å². The van der Waals surface area contributed by atoms with Crippen LogP contribution in [0.3, 0.4) is 0 Å². The Kier molecular flexibility index (Phi) is 5.10. The van der Waals surface area contributed by atoms with Crippen LogP contribution in [0.1, 0.15) is 22.3 Å². The van der Waals surface area contributed by atoms with Crippen LogP contribution in [-0.2, 0) is 12.3 Å². The van der Waals surface area contributed by atoms with E-state index >= 15 is 0 Å².